The van der Waals surface area contributed by atoms with Crippen LogP contribution in [0.5, 0.6) is 0 Å². The predicted molar refractivity (Wildman–Crippen MR) is 99.7 cm³/mol. The molecule has 136 valence electrons. The minimum absolute atomic E-state index is 0.143. The molecule has 4 rings (SSSR count). The molecule has 1 N–H and O–H groups in total. The van der Waals surface area contributed by atoms with Crippen molar-refractivity contribution < 1.29 is 9.59 Å². The third-order valence-corrected chi connectivity index (χ3v) is 5.51. The van der Waals surface area contributed by atoms with Crippen LogP contribution in [0.4, 0.5) is 5.82 Å². The first-order valence-electron chi connectivity index (χ1n) is 9.11. The largest absolute Gasteiger partial charge is 0.331 e. The van der Waals surface area contributed by atoms with Crippen LogP contribution in [-0.2, 0) is 18.4 Å². The molecule has 6 heteroatoms. The fraction of sp³-hybridized carbons (Fsp3) is 0.450. The summed E-state index contributed by atoms with van der Waals surface area (Å²) in [5.41, 5.74) is 4.86. The number of nitrogens with one attached hydrogen (secondary N) is 1. The van der Waals surface area contributed by atoms with Crippen LogP contribution >= 0.6 is 0 Å². The molecule has 1 aromatic heterocycles. The Morgan fingerprint density at radius 3 is 2.69 bits per heavy atom. The second kappa shape index (κ2) is 5.97. The lowest BCUT2D eigenvalue weighted by molar-refractivity contribution is -0.114. The maximum absolute atomic E-state index is 12.9. The second-order valence-corrected chi connectivity index (χ2v) is 7.56. The summed E-state index contributed by atoms with van der Waals surface area (Å²) in [5, 5.41) is 7.07. The molecule has 1 aliphatic carbocycles. The third kappa shape index (κ3) is 2.79. The Kier molecular flexibility index (Phi) is 3.86. The fourth-order valence-electron chi connectivity index (χ4n) is 3.98. The predicted octanol–water partition coefficient (Wildman–Crippen LogP) is 3.11. The van der Waals surface area contributed by atoms with E-state index in [0.29, 0.717) is 24.3 Å². The number of carbonyl (C=O) groups excluding carboxylic acids is 2. The van der Waals surface area contributed by atoms with Gasteiger partial charge in [-0.05, 0) is 55.9 Å². The topological polar surface area (TPSA) is 67.2 Å². The molecule has 6 nitrogen and oxygen atoms in total. The molecule has 2 heterocycles. The van der Waals surface area contributed by atoms with E-state index < -0.39 is 0 Å². The van der Waals surface area contributed by atoms with Crippen LogP contribution in [0.25, 0.3) is 11.3 Å². The maximum atomic E-state index is 12.9. The van der Waals surface area contributed by atoms with Gasteiger partial charge < -0.3 is 10.2 Å². The molecular formula is C20H24N4O2. The van der Waals surface area contributed by atoms with Crippen LogP contribution in [0.2, 0.25) is 0 Å². The highest BCUT2D eigenvalue weighted by Crippen LogP contribution is 2.39. The molecule has 1 aliphatic heterocycles. The number of anilines is 1. The van der Waals surface area contributed by atoms with E-state index in [9.17, 15) is 9.59 Å². The Labute approximate surface area is 153 Å². The molecular weight excluding hydrogens is 328 g/mol. The number of amides is 2. The summed E-state index contributed by atoms with van der Waals surface area (Å²) < 4.78 is 1.76. The van der Waals surface area contributed by atoms with Gasteiger partial charge >= 0.3 is 0 Å². The van der Waals surface area contributed by atoms with Gasteiger partial charge in [0.25, 0.3) is 5.91 Å². The highest BCUT2D eigenvalue weighted by Gasteiger charge is 2.39. The van der Waals surface area contributed by atoms with Crippen LogP contribution in [0.1, 0.15) is 48.2 Å². The third-order valence-electron chi connectivity index (χ3n) is 5.51. The second-order valence-electron chi connectivity index (χ2n) is 7.56. The first-order chi connectivity index (χ1) is 12.3. The summed E-state index contributed by atoms with van der Waals surface area (Å²) in [6, 6.07) is 6.30. The first-order valence-corrected chi connectivity index (χ1v) is 9.11. The molecule has 0 spiro atoms. The first kappa shape index (κ1) is 16.8. The van der Waals surface area contributed by atoms with Crippen molar-refractivity contribution in [2.24, 2.45) is 13.0 Å². The molecule has 2 aromatic rings. The number of hydrogen-bond acceptors (Lipinski definition) is 3. The number of benzene rings is 1. The van der Waals surface area contributed by atoms with E-state index in [2.05, 4.69) is 23.4 Å². The van der Waals surface area contributed by atoms with E-state index in [0.717, 1.165) is 27.9 Å². The van der Waals surface area contributed by atoms with Gasteiger partial charge in [-0.25, -0.2) is 0 Å². The number of hydrogen-bond donors (Lipinski definition) is 1. The summed E-state index contributed by atoms with van der Waals surface area (Å²) >= 11 is 0. The highest BCUT2D eigenvalue weighted by atomic mass is 16.2. The van der Waals surface area contributed by atoms with Crippen molar-refractivity contribution in [3.63, 3.8) is 0 Å². The Balaban J connectivity index is 1.69. The van der Waals surface area contributed by atoms with E-state index in [-0.39, 0.29) is 11.8 Å². The molecule has 1 saturated carbocycles. The van der Waals surface area contributed by atoms with Gasteiger partial charge in [-0.15, -0.1) is 0 Å². The van der Waals surface area contributed by atoms with Gasteiger partial charge in [-0.3, -0.25) is 14.3 Å². The van der Waals surface area contributed by atoms with E-state index in [1.807, 2.05) is 31.0 Å². The number of aromatic nitrogens is 2. The Morgan fingerprint density at radius 2 is 2.04 bits per heavy atom. The molecule has 1 aromatic carbocycles. The maximum Gasteiger partial charge on any atom is 0.255 e. The van der Waals surface area contributed by atoms with Crippen LogP contribution in [0.3, 0.4) is 0 Å². The quantitative estimate of drug-likeness (QED) is 0.919. The van der Waals surface area contributed by atoms with Crippen molar-refractivity contribution >= 4 is 17.6 Å². The number of carbonyl (C=O) groups is 2. The van der Waals surface area contributed by atoms with Crippen LogP contribution < -0.4 is 5.32 Å². The Bertz CT molecular complexity index is 911. The summed E-state index contributed by atoms with van der Waals surface area (Å²) in [6.45, 7) is 6.31. The highest BCUT2D eigenvalue weighted by molar-refractivity contribution is 6.00. The van der Waals surface area contributed by atoms with E-state index in [1.165, 1.54) is 19.8 Å². The number of rotatable bonds is 4. The van der Waals surface area contributed by atoms with Gasteiger partial charge in [-0.1, -0.05) is 0 Å². The van der Waals surface area contributed by atoms with E-state index in [4.69, 9.17) is 0 Å². The smallest absolute Gasteiger partial charge is 0.255 e. The standard InChI is InChI=1S/C20H24N4O2/c1-11-7-15(17-9-18(21-13(3)25)22-23(17)4)8-16-10-24(20(26)19(11)16)12(2)14-5-6-14/h7-9,12,14H,5-6,10H2,1-4H3,(H,21,22,25)/t12-/m0/s1. The van der Waals surface area contributed by atoms with Gasteiger partial charge in [0.1, 0.15) is 0 Å². The van der Waals surface area contributed by atoms with E-state index in [1.54, 1.807) is 4.68 Å². The van der Waals surface area contributed by atoms with Gasteiger partial charge in [0.05, 0.1) is 5.69 Å². The average molecular weight is 352 g/mol. The zero-order valence-corrected chi connectivity index (χ0v) is 15.7. The molecule has 2 aliphatic rings. The number of nitrogens with zero attached hydrogens (tertiary/aromatic N) is 3. The van der Waals surface area contributed by atoms with Crippen molar-refractivity contribution in [3.05, 3.63) is 34.9 Å². The zero-order chi connectivity index (χ0) is 18.6. The van der Waals surface area contributed by atoms with Gasteiger partial charge in [-0.2, -0.15) is 5.10 Å². The summed E-state index contributed by atoms with van der Waals surface area (Å²) in [5.74, 6) is 1.21. The van der Waals surface area contributed by atoms with Crippen molar-refractivity contribution in [2.45, 2.75) is 46.2 Å². The Morgan fingerprint density at radius 1 is 1.31 bits per heavy atom. The van der Waals surface area contributed by atoms with Crippen molar-refractivity contribution in [3.8, 4) is 11.3 Å². The van der Waals surface area contributed by atoms with Gasteiger partial charge in [0.2, 0.25) is 5.91 Å². The SMILES string of the molecule is CC(=O)Nc1cc(-c2cc(C)c3c(c2)CN([C@@H](C)C2CC2)C3=O)n(C)n1. The van der Waals surface area contributed by atoms with Gasteiger partial charge in [0, 0.05) is 43.8 Å². The monoisotopic (exact) mass is 352 g/mol. The lowest BCUT2D eigenvalue weighted by Crippen LogP contribution is -2.34. The zero-order valence-electron chi connectivity index (χ0n) is 15.7. The molecule has 1 atom stereocenters. The molecule has 26 heavy (non-hydrogen) atoms. The number of fused-ring (bicyclic) bond motifs is 1. The Hall–Kier alpha value is -2.63. The molecule has 0 unspecified atom stereocenters. The molecule has 0 saturated heterocycles. The van der Waals surface area contributed by atoms with E-state index >= 15 is 0 Å². The summed E-state index contributed by atoms with van der Waals surface area (Å²) in [7, 11) is 1.86. The number of aryl methyl sites for hydroxylation is 2. The molecule has 0 radical (unpaired) electrons. The van der Waals surface area contributed by atoms with Crippen LogP contribution in [0.15, 0.2) is 18.2 Å². The molecule has 1 fully saturated rings. The molecule has 2 amide bonds. The summed E-state index contributed by atoms with van der Waals surface area (Å²) in [6.07, 6.45) is 2.46. The van der Waals surface area contributed by atoms with Crippen LogP contribution in [-0.4, -0.2) is 32.5 Å². The van der Waals surface area contributed by atoms with Crippen molar-refractivity contribution in [1.82, 2.24) is 14.7 Å². The minimum atomic E-state index is -0.143. The minimum Gasteiger partial charge on any atom is -0.331 e. The lowest BCUT2D eigenvalue weighted by Gasteiger charge is -2.24. The normalized spacial score (nSPS) is 17.4. The molecule has 0 bridgehead atoms. The van der Waals surface area contributed by atoms with Crippen molar-refractivity contribution in [1.29, 1.82) is 0 Å². The van der Waals surface area contributed by atoms with Crippen molar-refractivity contribution in [2.75, 3.05) is 5.32 Å². The average Bonchev–Trinajstić information content (AvgIpc) is 3.27. The summed E-state index contributed by atoms with van der Waals surface area (Å²) in [4.78, 5) is 26.2. The lowest BCUT2D eigenvalue weighted by atomic mass is 9.99. The fourth-order valence-corrected chi connectivity index (χ4v) is 3.98. The van der Waals surface area contributed by atoms with Crippen LogP contribution in [0, 0.1) is 12.8 Å². The van der Waals surface area contributed by atoms with Gasteiger partial charge in [0.15, 0.2) is 5.82 Å².